The lowest BCUT2D eigenvalue weighted by Gasteiger charge is -2.26. The van der Waals surface area contributed by atoms with E-state index in [9.17, 15) is 9.90 Å². The van der Waals surface area contributed by atoms with Gasteiger partial charge in [-0.05, 0) is 37.8 Å². The van der Waals surface area contributed by atoms with Crippen molar-refractivity contribution in [2.24, 2.45) is 5.41 Å². The molecule has 2 aromatic heterocycles. The number of amides is 1. The first kappa shape index (κ1) is 17.3. The number of hydrogen-bond acceptors (Lipinski definition) is 5. The number of aliphatic hydroxyl groups is 1. The van der Waals surface area contributed by atoms with Crippen LogP contribution in [0, 0.1) is 12.3 Å². The molecule has 2 aromatic rings. The highest BCUT2D eigenvalue weighted by Gasteiger charge is 2.22. The van der Waals surface area contributed by atoms with E-state index < -0.39 is 6.10 Å². The Morgan fingerprint density at radius 2 is 2.22 bits per heavy atom. The van der Waals surface area contributed by atoms with Crippen molar-refractivity contribution in [2.75, 3.05) is 6.54 Å². The highest BCUT2D eigenvalue weighted by atomic mass is 16.4. The molecule has 0 radical (unpaired) electrons. The third-order valence-electron chi connectivity index (χ3n) is 3.56. The minimum atomic E-state index is -0.393. The molecule has 0 aliphatic heterocycles. The Hall–Kier alpha value is -2.08. The highest BCUT2D eigenvalue weighted by Crippen LogP contribution is 2.23. The van der Waals surface area contributed by atoms with E-state index in [2.05, 4.69) is 10.3 Å². The van der Waals surface area contributed by atoms with Gasteiger partial charge in [-0.2, -0.15) is 0 Å². The molecule has 1 unspecified atom stereocenters. The molecular weight excluding hydrogens is 296 g/mol. The van der Waals surface area contributed by atoms with Crippen LogP contribution in [0.4, 0.5) is 0 Å². The third kappa shape index (κ3) is 4.96. The van der Waals surface area contributed by atoms with Crippen LogP contribution in [0.25, 0.3) is 11.7 Å². The summed E-state index contributed by atoms with van der Waals surface area (Å²) in [6.07, 6.45) is 1.93. The van der Waals surface area contributed by atoms with Crippen LogP contribution in [0.15, 0.2) is 27.2 Å². The molecule has 1 amide bonds. The van der Waals surface area contributed by atoms with Gasteiger partial charge in [-0.1, -0.05) is 13.8 Å². The fourth-order valence-corrected chi connectivity index (χ4v) is 2.52. The Kier molecular flexibility index (Phi) is 5.26. The average molecular weight is 320 g/mol. The molecule has 2 rings (SSSR count). The summed E-state index contributed by atoms with van der Waals surface area (Å²) in [4.78, 5) is 16.4. The number of carbonyl (C=O) groups is 1. The predicted molar refractivity (Wildman–Crippen MR) is 85.7 cm³/mol. The van der Waals surface area contributed by atoms with E-state index in [1.165, 1.54) is 0 Å². The fourth-order valence-electron chi connectivity index (χ4n) is 2.52. The summed E-state index contributed by atoms with van der Waals surface area (Å²) in [6.45, 7) is 8.04. The quantitative estimate of drug-likeness (QED) is 0.819. The van der Waals surface area contributed by atoms with E-state index in [4.69, 9.17) is 8.83 Å². The molecule has 0 spiro atoms. The Bertz CT molecular complexity index is 642. The van der Waals surface area contributed by atoms with Gasteiger partial charge in [-0.15, -0.1) is 0 Å². The van der Waals surface area contributed by atoms with E-state index in [0.29, 0.717) is 36.1 Å². The molecule has 0 fully saturated rings. The van der Waals surface area contributed by atoms with E-state index in [1.807, 2.05) is 13.8 Å². The largest absolute Gasteiger partial charge is 0.459 e. The zero-order valence-corrected chi connectivity index (χ0v) is 14.0. The second kappa shape index (κ2) is 7.00. The SMILES string of the molecule is Cc1oc(-c2ccco2)nc1CC(=O)NCC(C)(C)CC(C)O. The molecule has 23 heavy (non-hydrogen) atoms. The third-order valence-corrected chi connectivity index (χ3v) is 3.56. The Morgan fingerprint density at radius 1 is 1.48 bits per heavy atom. The Balaban J connectivity index is 1.93. The number of nitrogens with one attached hydrogen (secondary N) is 1. The smallest absolute Gasteiger partial charge is 0.263 e. The van der Waals surface area contributed by atoms with Gasteiger partial charge < -0.3 is 19.3 Å². The number of nitrogens with zero attached hydrogens (tertiary/aromatic N) is 1. The normalized spacial score (nSPS) is 13.1. The van der Waals surface area contributed by atoms with E-state index >= 15 is 0 Å². The van der Waals surface area contributed by atoms with Crippen LogP contribution in [0.3, 0.4) is 0 Å². The fraction of sp³-hybridized carbons (Fsp3) is 0.529. The van der Waals surface area contributed by atoms with Crippen molar-refractivity contribution in [3.8, 4) is 11.7 Å². The first-order chi connectivity index (χ1) is 10.8. The van der Waals surface area contributed by atoms with Gasteiger partial charge in [0.2, 0.25) is 5.91 Å². The van der Waals surface area contributed by atoms with Crippen molar-refractivity contribution < 1.29 is 18.7 Å². The summed E-state index contributed by atoms with van der Waals surface area (Å²) in [7, 11) is 0. The van der Waals surface area contributed by atoms with Crippen LogP contribution in [0.2, 0.25) is 0 Å². The average Bonchev–Trinajstić information content (AvgIpc) is 3.06. The summed E-state index contributed by atoms with van der Waals surface area (Å²) in [6, 6.07) is 3.51. The Labute approximate surface area is 135 Å². The van der Waals surface area contributed by atoms with Crippen molar-refractivity contribution in [3.05, 3.63) is 29.9 Å². The zero-order valence-electron chi connectivity index (χ0n) is 14.0. The van der Waals surface area contributed by atoms with Crippen molar-refractivity contribution in [1.82, 2.24) is 10.3 Å². The number of furan rings is 1. The molecule has 0 saturated carbocycles. The van der Waals surface area contributed by atoms with Gasteiger partial charge in [-0.3, -0.25) is 4.79 Å². The zero-order chi connectivity index (χ0) is 17.0. The molecule has 2 heterocycles. The summed E-state index contributed by atoms with van der Waals surface area (Å²) in [5.74, 6) is 1.41. The molecule has 1 atom stereocenters. The Morgan fingerprint density at radius 3 is 2.83 bits per heavy atom. The van der Waals surface area contributed by atoms with Gasteiger partial charge in [0.15, 0.2) is 5.76 Å². The first-order valence-corrected chi connectivity index (χ1v) is 7.72. The molecule has 2 N–H and O–H groups in total. The van der Waals surface area contributed by atoms with Crippen LogP contribution >= 0.6 is 0 Å². The maximum atomic E-state index is 12.1. The molecule has 0 aliphatic rings. The number of aryl methyl sites for hydroxylation is 1. The van der Waals surface area contributed by atoms with Crippen LogP contribution < -0.4 is 5.32 Å². The minimum absolute atomic E-state index is 0.119. The van der Waals surface area contributed by atoms with Crippen molar-refractivity contribution >= 4 is 5.91 Å². The lowest BCUT2D eigenvalue weighted by molar-refractivity contribution is -0.121. The van der Waals surface area contributed by atoms with Crippen LogP contribution in [-0.2, 0) is 11.2 Å². The second-order valence-electron chi connectivity index (χ2n) is 6.67. The molecule has 6 nitrogen and oxygen atoms in total. The summed E-state index contributed by atoms with van der Waals surface area (Å²) in [5, 5.41) is 12.4. The number of hydrogen-bond donors (Lipinski definition) is 2. The summed E-state index contributed by atoms with van der Waals surface area (Å²) < 4.78 is 10.8. The molecule has 0 aliphatic carbocycles. The summed E-state index contributed by atoms with van der Waals surface area (Å²) >= 11 is 0. The first-order valence-electron chi connectivity index (χ1n) is 7.72. The number of aromatic nitrogens is 1. The maximum Gasteiger partial charge on any atom is 0.263 e. The van der Waals surface area contributed by atoms with Crippen LogP contribution in [-0.4, -0.2) is 28.6 Å². The predicted octanol–water partition coefficient (Wildman–Crippen LogP) is 2.70. The monoisotopic (exact) mass is 320 g/mol. The topological polar surface area (TPSA) is 88.5 Å². The van der Waals surface area contributed by atoms with Crippen LogP contribution in [0.1, 0.15) is 38.6 Å². The van der Waals surface area contributed by atoms with E-state index in [0.717, 1.165) is 0 Å². The second-order valence-corrected chi connectivity index (χ2v) is 6.67. The van der Waals surface area contributed by atoms with Gasteiger partial charge in [-0.25, -0.2) is 4.98 Å². The van der Waals surface area contributed by atoms with E-state index in [-0.39, 0.29) is 17.7 Å². The lowest BCUT2D eigenvalue weighted by atomic mass is 9.87. The van der Waals surface area contributed by atoms with Gasteiger partial charge in [0.25, 0.3) is 5.89 Å². The van der Waals surface area contributed by atoms with Crippen LogP contribution in [0.5, 0.6) is 0 Å². The van der Waals surface area contributed by atoms with Gasteiger partial charge in [0, 0.05) is 6.54 Å². The maximum absolute atomic E-state index is 12.1. The van der Waals surface area contributed by atoms with Gasteiger partial charge in [0.1, 0.15) is 5.76 Å². The van der Waals surface area contributed by atoms with E-state index in [1.54, 1.807) is 32.2 Å². The number of aliphatic hydroxyl groups excluding tert-OH is 1. The molecule has 0 aromatic carbocycles. The minimum Gasteiger partial charge on any atom is -0.459 e. The molecule has 0 bridgehead atoms. The molecule has 126 valence electrons. The lowest BCUT2D eigenvalue weighted by Crippen LogP contribution is -2.36. The molecule has 0 saturated heterocycles. The van der Waals surface area contributed by atoms with Crippen molar-refractivity contribution in [1.29, 1.82) is 0 Å². The van der Waals surface area contributed by atoms with Crippen molar-refractivity contribution in [2.45, 2.75) is 46.6 Å². The number of carbonyl (C=O) groups excluding carboxylic acids is 1. The standard InChI is InChI=1S/C17H24N2O4/c1-11(20)9-17(3,4)10-18-15(21)8-13-12(2)23-16(19-13)14-6-5-7-22-14/h5-7,11,20H,8-10H2,1-4H3,(H,18,21). The van der Waals surface area contributed by atoms with Crippen molar-refractivity contribution in [3.63, 3.8) is 0 Å². The number of rotatable bonds is 7. The number of oxazole rings is 1. The van der Waals surface area contributed by atoms with Gasteiger partial charge >= 0.3 is 0 Å². The van der Waals surface area contributed by atoms with Gasteiger partial charge in [0.05, 0.1) is 24.5 Å². The summed E-state index contributed by atoms with van der Waals surface area (Å²) in [5.41, 5.74) is 0.435. The molecular formula is C17H24N2O4. The molecule has 6 heteroatoms. The highest BCUT2D eigenvalue weighted by molar-refractivity contribution is 5.78.